The largest absolute Gasteiger partial charge is 0.408 e. The van der Waals surface area contributed by atoms with E-state index in [4.69, 9.17) is 11.6 Å². The summed E-state index contributed by atoms with van der Waals surface area (Å²) in [6.45, 7) is 7.28. The zero-order chi connectivity index (χ0) is 20.2. The molecule has 0 radical (unpaired) electrons. The van der Waals surface area contributed by atoms with Crippen molar-refractivity contribution in [1.82, 2.24) is 19.9 Å². The number of aromatic nitrogens is 4. The molecule has 1 atom stereocenters. The second-order valence-electron chi connectivity index (χ2n) is 6.66. The molecule has 2 N–H and O–H groups in total. The molecule has 10 heteroatoms. The molecule has 148 valence electrons. The Morgan fingerprint density at radius 3 is 2.26 bits per heavy atom. The van der Waals surface area contributed by atoms with Crippen LogP contribution in [0.1, 0.15) is 40.5 Å². The molecule has 0 amide bonds. The number of hydrogen-bond donors (Lipinski definition) is 2. The lowest BCUT2D eigenvalue weighted by atomic mass is 10.0. The third kappa shape index (κ3) is 5.92. The van der Waals surface area contributed by atoms with Gasteiger partial charge in [-0.05, 0) is 38.8 Å². The number of anilines is 2. The minimum Gasteiger partial charge on any atom is -0.349 e. The van der Waals surface area contributed by atoms with E-state index >= 15 is 0 Å². The van der Waals surface area contributed by atoms with Gasteiger partial charge in [0.25, 0.3) is 0 Å². The van der Waals surface area contributed by atoms with Gasteiger partial charge in [0, 0.05) is 5.54 Å². The van der Waals surface area contributed by atoms with E-state index in [1.807, 2.05) is 20.8 Å². The van der Waals surface area contributed by atoms with Crippen LogP contribution in [0.3, 0.4) is 0 Å². The third-order valence-corrected chi connectivity index (χ3v) is 4.23. The number of hydrogen-bond acceptors (Lipinski definition) is 6. The molecule has 0 bridgehead atoms. The van der Waals surface area contributed by atoms with E-state index in [1.54, 1.807) is 18.2 Å². The van der Waals surface area contributed by atoms with E-state index < -0.39 is 12.2 Å². The summed E-state index contributed by atoms with van der Waals surface area (Å²) in [4.78, 5) is 16.6. The van der Waals surface area contributed by atoms with Crippen LogP contribution in [-0.4, -0.2) is 37.7 Å². The minimum absolute atomic E-state index is 0.126. The topological polar surface area (TPSA) is 75.6 Å². The van der Waals surface area contributed by atoms with E-state index in [0.29, 0.717) is 5.69 Å². The molecular weight excluding hydrogens is 381 g/mol. The predicted octanol–water partition coefficient (Wildman–Crippen LogP) is 4.94. The quantitative estimate of drug-likeness (QED) is 0.639. The molecule has 0 fully saturated rings. The van der Waals surface area contributed by atoms with Gasteiger partial charge in [0.1, 0.15) is 16.9 Å². The third-order valence-electron chi connectivity index (χ3n) is 4.02. The molecule has 0 saturated heterocycles. The van der Waals surface area contributed by atoms with Gasteiger partial charge in [-0.25, -0.2) is 4.98 Å². The Balaban J connectivity index is 2.47. The summed E-state index contributed by atoms with van der Waals surface area (Å²) in [6, 6.07) is 3.10. The molecule has 0 aliphatic carbocycles. The first-order valence-corrected chi connectivity index (χ1v) is 8.92. The fourth-order valence-electron chi connectivity index (χ4n) is 2.11. The Hall–Kier alpha value is -2.16. The maximum atomic E-state index is 13.1. The maximum Gasteiger partial charge on any atom is 0.408 e. The Morgan fingerprint density at radius 2 is 1.70 bits per heavy atom. The molecule has 6 nitrogen and oxygen atoms in total. The second kappa shape index (κ2) is 8.24. The monoisotopic (exact) mass is 402 g/mol. The van der Waals surface area contributed by atoms with E-state index in [2.05, 4.69) is 30.6 Å². The highest BCUT2D eigenvalue weighted by Crippen LogP contribution is 2.26. The lowest BCUT2D eigenvalue weighted by Crippen LogP contribution is -2.36. The molecule has 0 aromatic carbocycles. The standard InChI is InChI=1S/C17H22ClF3N6/c1-5-11(17(19,20)21)23-14-24-13(10-8-7-9-12(18)22-10)25-15(26-14)27-16(3,4)6-2/h7-9,11H,5-6H2,1-4H3,(H2,23,24,25,26,27)/t11-/m0/s1. The Labute approximate surface area is 161 Å². The van der Waals surface area contributed by atoms with Gasteiger partial charge in [-0.2, -0.15) is 28.1 Å². The molecule has 0 saturated carbocycles. The van der Waals surface area contributed by atoms with Gasteiger partial charge in [-0.1, -0.05) is 31.5 Å². The average Bonchev–Trinajstić information content (AvgIpc) is 2.58. The van der Waals surface area contributed by atoms with E-state index in [0.717, 1.165) is 6.42 Å². The summed E-state index contributed by atoms with van der Waals surface area (Å²) >= 11 is 5.91. The molecule has 2 heterocycles. The summed E-state index contributed by atoms with van der Waals surface area (Å²) in [7, 11) is 0. The van der Waals surface area contributed by atoms with Gasteiger partial charge in [0.2, 0.25) is 11.9 Å². The van der Waals surface area contributed by atoms with Crippen molar-refractivity contribution in [2.75, 3.05) is 10.6 Å². The van der Waals surface area contributed by atoms with Crippen LogP contribution in [0.2, 0.25) is 5.15 Å². The number of halogens is 4. The summed E-state index contributed by atoms with van der Waals surface area (Å²) in [6.07, 6.45) is -3.83. The van der Waals surface area contributed by atoms with Gasteiger partial charge in [-0.15, -0.1) is 0 Å². The number of nitrogens with one attached hydrogen (secondary N) is 2. The molecule has 2 aromatic heterocycles. The fraction of sp³-hybridized carbons (Fsp3) is 0.529. The number of nitrogens with zero attached hydrogens (tertiary/aromatic N) is 4. The highest BCUT2D eigenvalue weighted by molar-refractivity contribution is 6.29. The van der Waals surface area contributed by atoms with Crippen LogP contribution in [0.15, 0.2) is 18.2 Å². The average molecular weight is 403 g/mol. The maximum absolute atomic E-state index is 13.1. The minimum atomic E-state index is -4.42. The fourth-order valence-corrected chi connectivity index (χ4v) is 2.27. The van der Waals surface area contributed by atoms with Crippen LogP contribution in [0, 0.1) is 0 Å². The van der Waals surface area contributed by atoms with Gasteiger partial charge in [-0.3, -0.25) is 0 Å². The first-order chi connectivity index (χ1) is 12.5. The predicted molar refractivity (Wildman–Crippen MR) is 99.8 cm³/mol. The summed E-state index contributed by atoms with van der Waals surface area (Å²) in [5.74, 6) is 0.106. The first-order valence-electron chi connectivity index (χ1n) is 8.54. The van der Waals surface area contributed by atoms with Gasteiger partial charge >= 0.3 is 6.18 Å². The molecule has 0 aliphatic rings. The molecule has 27 heavy (non-hydrogen) atoms. The lowest BCUT2D eigenvalue weighted by molar-refractivity contribution is -0.143. The number of alkyl halides is 3. The highest BCUT2D eigenvalue weighted by atomic mass is 35.5. The number of pyridine rings is 1. The Morgan fingerprint density at radius 1 is 1.04 bits per heavy atom. The summed E-state index contributed by atoms with van der Waals surface area (Å²) < 4.78 is 39.4. The van der Waals surface area contributed by atoms with Crippen LogP contribution >= 0.6 is 11.6 Å². The molecule has 2 rings (SSSR count). The molecule has 0 spiro atoms. The van der Waals surface area contributed by atoms with E-state index in [1.165, 1.54) is 6.92 Å². The highest BCUT2D eigenvalue weighted by Gasteiger charge is 2.39. The first kappa shape index (κ1) is 21.1. The van der Waals surface area contributed by atoms with Gasteiger partial charge < -0.3 is 10.6 Å². The molecular formula is C17H22ClF3N6. The van der Waals surface area contributed by atoms with Crippen molar-refractivity contribution in [1.29, 1.82) is 0 Å². The molecule has 0 unspecified atom stereocenters. The Kier molecular flexibility index (Phi) is 6.46. The van der Waals surface area contributed by atoms with Crippen molar-refractivity contribution in [2.45, 2.75) is 58.3 Å². The van der Waals surface area contributed by atoms with Crippen LogP contribution in [0.25, 0.3) is 11.5 Å². The van der Waals surface area contributed by atoms with Crippen molar-refractivity contribution in [3.8, 4) is 11.5 Å². The smallest absolute Gasteiger partial charge is 0.349 e. The zero-order valence-corrected chi connectivity index (χ0v) is 16.3. The molecule has 0 aliphatic heterocycles. The number of rotatable bonds is 7. The van der Waals surface area contributed by atoms with E-state index in [-0.39, 0.29) is 34.8 Å². The van der Waals surface area contributed by atoms with E-state index in [9.17, 15) is 13.2 Å². The molecule has 2 aromatic rings. The van der Waals surface area contributed by atoms with Crippen molar-refractivity contribution in [3.05, 3.63) is 23.4 Å². The van der Waals surface area contributed by atoms with Crippen molar-refractivity contribution in [2.24, 2.45) is 0 Å². The second-order valence-corrected chi connectivity index (χ2v) is 7.05. The van der Waals surface area contributed by atoms with Crippen molar-refractivity contribution >= 4 is 23.5 Å². The SMILES string of the molecule is CC[C@H](Nc1nc(NC(C)(C)CC)nc(-c2cccc(Cl)n2)n1)C(F)(F)F. The van der Waals surface area contributed by atoms with Crippen LogP contribution in [0.4, 0.5) is 25.1 Å². The van der Waals surface area contributed by atoms with Crippen molar-refractivity contribution in [3.63, 3.8) is 0 Å². The Bertz CT molecular complexity index is 782. The van der Waals surface area contributed by atoms with Gasteiger partial charge in [0.05, 0.1) is 0 Å². The van der Waals surface area contributed by atoms with Gasteiger partial charge in [0.15, 0.2) is 5.82 Å². The van der Waals surface area contributed by atoms with Crippen molar-refractivity contribution < 1.29 is 13.2 Å². The lowest BCUT2D eigenvalue weighted by Gasteiger charge is -2.25. The normalized spacial score (nSPS) is 13.3. The summed E-state index contributed by atoms with van der Waals surface area (Å²) in [5, 5.41) is 5.70. The zero-order valence-electron chi connectivity index (χ0n) is 15.5. The van der Waals surface area contributed by atoms with Crippen LogP contribution in [-0.2, 0) is 0 Å². The summed E-state index contributed by atoms with van der Waals surface area (Å²) in [5.41, 5.74) is -0.0170. The van der Waals surface area contributed by atoms with Crippen LogP contribution in [0.5, 0.6) is 0 Å². The van der Waals surface area contributed by atoms with Crippen LogP contribution < -0.4 is 10.6 Å².